The van der Waals surface area contributed by atoms with Crippen LogP contribution in [0.4, 0.5) is 0 Å². The normalized spacial score (nSPS) is 33.1. The Morgan fingerprint density at radius 1 is 1.33 bits per heavy atom. The van der Waals surface area contributed by atoms with Crippen molar-refractivity contribution in [3.8, 4) is 0 Å². The fraction of sp³-hybridized carbons (Fsp3) is 1.00. The molecular weight excluding hydrogens is 254 g/mol. The minimum absolute atomic E-state index is 0.0686. The first-order chi connectivity index (χ1) is 8.31. The summed E-state index contributed by atoms with van der Waals surface area (Å²) >= 11 is 0. The molecule has 0 radical (unpaired) electrons. The minimum Gasteiger partial charge on any atom is -0.373 e. The summed E-state index contributed by atoms with van der Waals surface area (Å²) < 4.78 is 33.9. The van der Waals surface area contributed by atoms with Crippen molar-refractivity contribution in [3.63, 3.8) is 0 Å². The van der Waals surface area contributed by atoms with Crippen LogP contribution in [0.3, 0.4) is 0 Å². The monoisotopic (exact) mass is 277 g/mol. The number of hydrogen-bond acceptors (Lipinski definition) is 4. The molecule has 18 heavy (non-hydrogen) atoms. The Labute approximate surface area is 109 Å². The number of nitrogens with two attached hydrogens (primary N) is 1. The van der Waals surface area contributed by atoms with Crippen LogP contribution in [0.5, 0.6) is 0 Å². The first-order valence-corrected chi connectivity index (χ1v) is 7.94. The topological polar surface area (TPSA) is 84.7 Å². The summed E-state index contributed by atoms with van der Waals surface area (Å²) in [6.07, 6.45) is 2.74. The molecule has 3 N–H and O–H groups in total. The Hall–Kier alpha value is -0.210. The first-order valence-electron chi connectivity index (χ1n) is 6.50. The molecule has 0 bridgehead atoms. The fourth-order valence-corrected chi connectivity index (χ4v) is 3.93. The predicted octanol–water partition coefficient (Wildman–Crippen LogP) is -0.189. The molecule has 2 fully saturated rings. The molecule has 1 saturated carbocycles. The van der Waals surface area contributed by atoms with Gasteiger partial charge < -0.3 is 10.5 Å². The lowest BCUT2D eigenvalue weighted by Crippen LogP contribution is -2.58. The number of nitrogens with one attached hydrogen (secondary N) is 1. The molecule has 0 aromatic heterocycles. The van der Waals surface area contributed by atoms with Gasteiger partial charge in [-0.05, 0) is 33.1 Å². The number of hydrogen-bond donors (Lipinski definition) is 2. The van der Waals surface area contributed by atoms with E-state index < -0.39 is 10.2 Å². The summed E-state index contributed by atoms with van der Waals surface area (Å²) in [6.45, 7) is 4.90. The Kier molecular flexibility index (Phi) is 3.99. The second-order valence-electron chi connectivity index (χ2n) is 5.62. The van der Waals surface area contributed by atoms with E-state index in [1.807, 2.05) is 13.8 Å². The van der Waals surface area contributed by atoms with E-state index in [2.05, 4.69) is 4.72 Å². The first kappa shape index (κ1) is 14.2. The SMILES string of the molecule is CC1CN(S(=O)(=O)NCC2(N)CCC2)CC(C)O1. The zero-order valence-corrected chi connectivity index (χ0v) is 11.9. The van der Waals surface area contributed by atoms with Crippen molar-refractivity contribution >= 4 is 10.2 Å². The summed E-state index contributed by atoms with van der Waals surface area (Å²) in [4.78, 5) is 0. The van der Waals surface area contributed by atoms with Crippen molar-refractivity contribution in [3.05, 3.63) is 0 Å². The molecule has 7 heteroatoms. The number of nitrogens with zero attached hydrogens (tertiary/aromatic N) is 1. The van der Waals surface area contributed by atoms with Crippen molar-refractivity contribution in [2.75, 3.05) is 19.6 Å². The third kappa shape index (κ3) is 3.21. The highest BCUT2D eigenvalue weighted by Gasteiger charge is 2.36. The molecule has 1 aliphatic carbocycles. The Morgan fingerprint density at radius 3 is 2.33 bits per heavy atom. The van der Waals surface area contributed by atoms with Crippen LogP contribution in [0.1, 0.15) is 33.1 Å². The second-order valence-corrected chi connectivity index (χ2v) is 7.37. The summed E-state index contributed by atoms with van der Waals surface area (Å²) in [5, 5.41) is 0. The van der Waals surface area contributed by atoms with Crippen molar-refractivity contribution in [2.45, 2.75) is 50.9 Å². The van der Waals surface area contributed by atoms with Crippen molar-refractivity contribution in [1.82, 2.24) is 9.03 Å². The lowest BCUT2D eigenvalue weighted by molar-refractivity contribution is -0.0444. The van der Waals surface area contributed by atoms with Crippen LogP contribution in [0, 0.1) is 0 Å². The van der Waals surface area contributed by atoms with Crippen LogP contribution in [-0.4, -0.2) is 50.1 Å². The van der Waals surface area contributed by atoms with Crippen LogP contribution in [0.25, 0.3) is 0 Å². The standard InChI is InChI=1S/C11H23N3O3S/c1-9-6-14(7-10(2)17-9)18(15,16)13-8-11(12)4-3-5-11/h9-10,13H,3-8,12H2,1-2H3. The maximum absolute atomic E-state index is 12.2. The molecule has 0 amide bonds. The van der Waals surface area contributed by atoms with Gasteiger partial charge in [-0.3, -0.25) is 0 Å². The molecule has 2 aliphatic rings. The number of ether oxygens (including phenoxy) is 1. The number of morpholine rings is 1. The van der Waals surface area contributed by atoms with Gasteiger partial charge in [0.2, 0.25) is 0 Å². The Morgan fingerprint density at radius 2 is 1.89 bits per heavy atom. The maximum atomic E-state index is 12.2. The van der Waals surface area contributed by atoms with Gasteiger partial charge in [0.1, 0.15) is 0 Å². The summed E-state index contributed by atoms with van der Waals surface area (Å²) in [7, 11) is -3.44. The molecule has 0 spiro atoms. The highest BCUT2D eigenvalue weighted by Crippen LogP contribution is 2.28. The van der Waals surface area contributed by atoms with Gasteiger partial charge in [0, 0.05) is 25.2 Å². The van der Waals surface area contributed by atoms with Gasteiger partial charge in [-0.25, -0.2) is 4.72 Å². The van der Waals surface area contributed by atoms with E-state index in [4.69, 9.17) is 10.5 Å². The highest BCUT2D eigenvalue weighted by atomic mass is 32.2. The Bertz CT molecular complexity index is 384. The summed E-state index contributed by atoms with van der Waals surface area (Å²) in [6, 6.07) is 0. The smallest absolute Gasteiger partial charge is 0.279 e. The predicted molar refractivity (Wildman–Crippen MR) is 69.3 cm³/mol. The lowest BCUT2D eigenvalue weighted by Gasteiger charge is -2.39. The molecule has 2 rings (SSSR count). The van der Waals surface area contributed by atoms with Gasteiger partial charge in [0.05, 0.1) is 12.2 Å². The molecular formula is C11H23N3O3S. The minimum atomic E-state index is -3.44. The van der Waals surface area contributed by atoms with Crippen LogP contribution < -0.4 is 10.5 Å². The van der Waals surface area contributed by atoms with Gasteiger partial charge in [-0.1, -0.05) is 0 Å². The van der Waals surface area contributed by atoms with Gasteiger partial charge in [0.25, 0.3) is 10.2 Å². The zero-order chi connectivity index (χ0) is 13.4. The van der Waals surface area contributed by atoms with E-state index in [0.717, 1.165) is 19.3 Å². The molecule has 2 atom stereocenters. The maximum Gasteiger partial charge on any atom is 0.279 e. The van der Waals surface area contributed by atoms with E-state index in [1.165, 1.54) is 4.31 Å². The Balaban J connectivity index is 1.93. The van der Waals surface area contributed by atoms with Crippen molar-refractivity contribution in [1.29, 1.82) is 0 Å². The molecule has 1 aliphatic heterocycles. The number of rotatable bonds is 4. The van der Waals surface area contributed by atoms with E-state index in [9.17, 15) is 8.42 Å². The lowest BCUT2D eigenvalue weighted by atomic mass is 9.78. The molecule has 0 aromatic rings. The van der Waals surface area contributed by atoms with E-state index in [1.54, 1.807) is 0 Å². The van der Waals surface area contributed by atoms with Gasteiger partial charge in [0.15, 0.2) is 0 Å². The average Bonchev–Trinajstić information content (AvgIpc) is 2.22. The third-order valence-corrected chi connectivity index (χ3v) is 5.17. The molecule has 1 saturated heterocycles. The highest BCUT2D eigenvalue weighted by molar-refractivity contribution is 7.87. The average molecular weight is 277 g/mol. The van der Waals surface area contributed by atoms with Crippen LogP contribution in [0.2, 0.25) is 0 Å². The van der Waals surface area contributed by atoms with E-state index in [0.29, 0.717) is 19.6 Å². The molecule has 106 valence electrons. The summed E-state index contributed by atoms with van der Waals surface area (Å²) in [5.74, 6) is 0. The van der Waals surface area contributed by atoms with E-state index in [-0.39, 0.29) is 17.7 Å². The van der Waals surface area contributed by atoms with Crippen molar-refractivity contribution < 1.29 is 13.2 Å². The third-order valence-electron chi connectivity index (χ3n) is 3.68. The molecule has 2 unspecified atom stereocenters. The summed E-state index contributed by atoms with van der Waals surface area (Å²) in [5.41, 5.74) is 5.69. The van der Waals surface area contributed by atoms with E-state index >= 15 is 0 Å². The molecule has 6 nitrogen and oxygen atoms in total. The quantitative estimate of drug-likeness (QED) is 0.746. The van der Waals surface area contributed by atoms with Crippen LogP contribution in [-0.2, 0) is 14.9 Å². The van der Waals surface area contributed by atoms with Gasteiger partial charge >= 0.3 is 0 Å². The van der Waals surface area contributed by atoms with Crippen LogP contribution >= 0.6 is 0 Å². The molecule has 0 aromatic carbocycles. The zero-order valence-electron chi connectivity index (χ0n) is 11.1. The second kappa shape index (κ2) is 5.05. The molecule has 1 heterocycles. The van der Waals surface area contributed by atoms with Crippen LogP contribution in [0.15, 0.2) is 0 Å². The largest absolute Gasteiger partial charge is 0.373 e. The van der Waals surface area contributed by atoms with Crippen molar-refractivity contribution in [2.24, 2.45) is 5.73 Å². The fourth-order valence-electron chi connectivity index (χ4n) is 2.46. The van der Waals surface area contributed by atoms with Gasteiger partial charge in [-0.2, -0.15) is 12.7 Å². The van der Waals surface area contributed by atoms with Gasteiger partial charge in [-0.15, -0.1) is 0 Å².